The second-order valence-corrected chi connectivity index (χ2v) is 9.32. The smallest absolute Gasteiger partial charge is 0.276 e. The van der Waals surface area contributed by atoms with E-state index in [1.165, 1.54) is 29.5 Å². The van der Waals surface area contributed by atoms with Crippen molar-refractivity contribution in [2.24, 2.45) is 0 Å². The first kappa shape index (κ1) is 23.2. The molecule has 0 saturated carbocycles. The number of aromatic nitrogens is 3. The van der Waals surface area contributed by atoms with E-state index in [4.69, 9.17) is 4.74 Å². The van der Waals surface area contributed by atoms with E-state index in [0.29, 0.717) is 54.5 Å². The van der Waals surface area contributed by atoms with Crippen molar-refractivity contribution in [3.63, 3.8) is 0 Å². The molecule has 35 heavy (non-hydrogen) atoms. The maximum atomic E-state index is 14.5. The van der Waals surface area contributed by atoms with Gasteiger partial charge in [0.25, 0.3) is 11.8 Å². The number of amides is 2. The number of imidazole rings is 1. The zero-order chi connectivity index (χ0) is 24.7. The third-order valence-corrected chi connectivity index (χ3v) is 6.36. The van der Waals surface area contributed by atoms with Gasteiger partial charge in [0.2, 0.25) is 0 Å². The summed E-state index contributed by atoms with van der Waals surface area (Å²) in [6.07, 6.45) is 1.44. The molecule has 2 aliphatic heterocycles. The number of carbonyl (C=O) groups is 2. The standard InChI is InChI=1S/C24H27FN6O4/c1-24(2,34)20(25)14-30-13-15-10-17(18(11-16(15)23(30)33)29-6-8-35-9-7-29)28-22(32)19-12-26-21-4-3-5-27-31(19)21/h3-5,10-12,20,34H,6-9,13-14H2,1-2H3,(H,28,32)/t20-/m1/s1. The Balaban J connectivity index is 1.47. The number of aliphatic hydroxyl groups is 1. The van der Waals surface area contributed by atoms with Gasteiger partial charge < -0.3 is 25.0 Å². The molecule has 10 nitrogen and oxygen atoms in total. The minimum atomic E-state index is -1.60. The number of hydrogen-bond acceptors (Lipinski definition) is 7. The van der Waals surface area contributed by atoms with Crippen molar-refractivity contribution in [2.75, 3.05) is 43.1 Å². The monoisotopic (exact) mass is 482 g/mol. The van der Waals surface area contributed by atoms with Crippen LogP contribution < -0.4 is 10.2 Å². The lowest BCUT2D eigenvalue weighted by Crippen LogP contribution is -2.42. The molecular formula is C24H27FN6O4. The second-order valence-electron chi connectivity index (χ2n) is 9.32. The van der Waals surface area contributed by atoms with Gasteiger partial charge >= 0.3 is 0 Å². The highest BCUT2D eigenvalue weighted by Crippen LogP contribution is 2.35. The molecule has 184 valence electrons. The quantitative estimate of drug-likeness (QED) is 0.552. The van der Waals surface area contributed by atoms with Crippen LogP contribution in [0, 0.1) is 0 Å². The van der Waals surface area contributed by atoms with Crippen LogP contribution in [0.4, 0.5) is 15.8 Å². The zero-order valence-corrected chi connectivity index (χ0v) is 19.6. The van der Waals surface area contributed by atoms with E-state index < -0.39 is 17.7 Å². The van der Waals surface area contributed by atoms with Gasteiger partial charge in [-0.1, -0.05) is 0 Å². The molecule has 5 rings (SSSR count). The molecule has 1 aromatic carbocycles. The van der Waals surface area contributed by atoms with Crippen LogP contribution in [-0.2, 0) is 11.3 Å². The molecule has 0 aliphatic carbocycles. The van der Waals surface area contributed by atoms with Crippen molar-refractivity contribution in [3.8, 4) is 0 Å². The number of rotatable bonds is 6. The summed E-state index contributed by atoms with van der Waals surface area (Å²) in [6, 6.07) is 7.01. The van der Waals surface area contributed by atoms with Crippen LogP contribution in [0.15, 0.2) is 36.7 Å². The van der Waals surface area contributed by atoms with Crippen molar-refractivity contribution in [1.82, 2.24) is 19.5 Å². The van der Waals surface area contributed by atoms with Crippen molar-refractivity contribution >= 4 is 28.8 Å². The van der Waals surface area contributed by atoms with Gasteiger partial charge in [-0.15, -0.1) is 0 Å². The van der Waals surface area contributed by atoms with Gasteiger partial charge in [0.1, 0.15) is 6.17 Å². The minimum absolute atomic E-state index is 0.189. The average Bonchev–Trinajstić information content (AvgIpc) is 3.40. The summed E-state index contributed by atoms with van der Waals surface area (Å²) in [5, 5.41) is 17.1. The fourth-order valence-corrected chi connectivity index (χ4v) is 4.31. The number of anilines is 2. The van der Waals surface area contributed by atoms with E-state index in [-0.39, 0.29) is 24.7 Å². The molecule has 2 N–H and O–H groups in total. The molecule has 0 unspecified atom stereocenters. The molecule has 1 atom stereocenters. The third-order valence-electron chi connectivity index (χ3n) is 6.36. The molecule has 11 heteroatoms. The Kier molecular flexibility index (Phi) is 5.89. The Morgan fingerprint density at radius 1 is 1.31 bits per heavy atom. The molecule has 0 radical (unpaired) electrons. The number of halogens is 1. The molecule has 0 spiro atoms. The molecule has 1 saturated heterocycles. The molecule has 4 heterocycles. The maximum Gasteiger partial charge on any atom is 0.276 e. The van der Waals surface area contributed by atoms with Crippen LogP contribution >= 0.6 is 0 Å². The van der Waals surface area contributed by atoms with Gasteiger partial charge in [0, 0.05) is 31.4 Å². The summed E-state index contributed by atoms with van der Waals surface area (Å²) in [5.41, 5.74) is 1.64. The fourth-order valence-electron chi connectivity index (χ4n) is 4.31. The Morgan fingerprint density at radius 3 is 2.83 bits per heavy atom. The van der Waals surface area contributed by atoms with E-state index in [2.05, 4.69) is 20.3 Å². The lowest BCUT2D eigenvalue weighted by Gasteiger charge is -2.31. The van der Waals surface area contributed by atoms with Crippen LogP contribution in [0.25, 0.3) is 5.65 Å². The first-order chi connectivity index (χ1) is 16.7. The largest absolute Gasteiger partial charge is 0.387 e. The van der Waals surface area contributed by atoms with Crippen LogP contribution in [-0.4, -0.2) is 81.0 Å². The molecule has 2 amide bonds. The Morgan fingerprint density at radius 2 is 2.09 bits per heavy atom. The summed E-state index contributed by atoms with van der Waals surface area (Å²) >= 11 is 0. The molecule has 0 bridgehead atoms. The lowest BCUT2D eigenvalue weighted by atomic mass is 10.0. The zero-order valence-electron chi connectivity index (χ0n) is 19.6. The molecule has 3 aromatic rings. The third kappa shape index (κ3) is 4.44. The predicted molar refractivity (Wildman–Crippen MR) is 126 cm³/mol. The number of benzene rings is 1. The van der Waals surface area contributed by atoms with E-state index in [1.54, 1.807) is 30.5 Å². The topological polar surface area (TPSA) is 112 Å². The summed E-state index contributed by atoms with van der Waals surface area (Å²) in [6.45, 7) is 4.97. The van der Waals surface area contributed by atoms with Gasteiger partial charge in [-0.25, -0.2) is 13.9 Å². The highest BCUT2D eigenvalue weighted by atomic mass is 19.1. The number of carbonyl (C=O) groups excluding carboxylic acids is 2. The van der Waals surface area contributed by atoms with E-state index in [1.807, 2.05) is 0 Å². The molecule has 1 fully saturated rings. The Hall–Kier alpha value is -3.57. The van der Waals surface area contributed by atoms with Crippen molar-refractivity contribution < 1.29 is 23.8 Å². The van der Waals surface area contributed by atoms with E-state index in [0.717, 1.165) is 0 Å². The first-order valence-electron chi connectivity index (χ1n) is 11.5. The van der Waals surface area contributed by atoms with E-state index in [9.17, 15) is 19.1 Å². The minimum Gasteiger partial charge on any atom is -0.387 e. The van der Waals surface area contributed by atoms with Gasteiger partial charge in [-0.2, -0.15) is 5.10 Å². The van der Waals surface area contributed by atoms with Gasteiger partial charge in [0.15, 0.2) is 11.3 Å². The summed E-state index contributed by atoms with van der Waals surface area (Å²) in [4.78, 5) is 33.9. The number of nitrogens with zero attached hydrogens (tertiary/aromatic N) is 5. The molecule has 2 aliphatic rings. The van der Waals surface area contributed by atoms with Crippen LogP contribution in [0.1, 0.15) is 40.3 Å². The van der Waals surface area contributed by atoms with Gasteiger partial charge in [-0.05, 0) is 43.7 Å². The van der Waals surface area contributed by atoms with Gasteiger partial charge in [-0.3, -0.25) is 9.59 Å². The Bertz CT molecular complexity index is 1280. The summed E-state index contributed by atoms with van der Waals surface area (Å²) in [5.74, 6) is -0.692. The van der Waals surface area contributed by atoms with Crippen LogP contribution in [0.5, 0.6) is 0 Å². The lowest BCUT2D eigenvalue weighted by molar-refractivity contribution is -0.0159. The SMILES string of the molecule is CC(C)(O)[C@H](F)CN1Cc2cc(NC(=O)c3cnc4cccnn34)c(N3CCOCC3)cc2C1=O. The van der Waals surface area contributed by atoms with E-state index >= 15 is 0 Å². The molecular weight excluding hydrogens is 455 g/mol. The molecule has 2 aromatic heterocycles. The van der Waals surface area contributed by atoms with Crippen molar-refractivity contribution in [1.29, 1.82) is 0 Å². The highest BCUT2D eigenvalue weighted by molar-refractivity contribution is 6.07. The first-order valence-corrected chi connectivity index (χ1v) is 11.5. The fraction of sp³-hybridized carbons (Fsp3) is 0.417. The van der Waals surface area contributed by atoms with Gasteiger partial charge in [0.05, 0.1) is 42.9 Å². The number of fused-ring (bicyclic) bond motifs is 2. The Labute approximate surface area is 201 Å². The van der Waals surface area contributed by atoms with Crippen LogP contribution in [0.2, 0.25) is 0 Å². The summed E-state index contributed by atoms with van der Waals surface area (Å²) < 4.78 is 21.5. The summed E-state index contributed by atoms with van der Waals surface area (Å²) in [7, 11) is 0. The average molecular weight is 483 g/mol. The maximum absolute atomic E-state index is 14.5. The number of ether oxygens (including phenoxy) is 1. The highest BCUT2D eigenvalue weighted by Gasteiger charge is 2.35. The number of hydrogen-bond donors (Lipinski definition) is 2. The normalized spacial score (nSPS) is 17.1. The van der Waals surface area contributed by atoms with Crippen molar-refractivity contribution in [3.05, 3.63) is 53.5 Å². The van der Waals surface area contributed by atoms with Crippen LogP contribution in [0.3, 0.4) is 0 Å². The second kappa shape index (κ2) is 8.90. The predicted octanol–water partition coefficient (Wildman–Crippen LogP) is 1.88. The number of nitrogens with one attached hydrogen (secondary N) is 1. The van der Waals surface area contributed by atoms with Crippen molar-refractivity contribution in [2.45, 2.75) is 32.2 Å². The number of alkyl halides is 1. The number of morpholine rings is 1.